The fraction of sp³-hybridized carbons (Fsp3) is 0.833. The molecule has 0 aliphatic heterocycles. The molecular weight excluding hydrogens is 252 g/mol. The highest BCUT2D eigenvalue weighted by atomic mass is 32.1. The van der Waals surface area contributed by atoms with E-state index in [1.54, 1.807) is 0 Å². The molecule has 0 aromatic heterocycles. The van der Waals surface area contributed by atoms with Crippen molar-refractivity contribution in [1.29, 1.82) is 0 Å². The zero-order valence-electron chi connectivity index (χ0n) is 10.9. The van der Waals surface area contributed by atoms with Gasteiger partial charge in [-0.05, 0) is 6.42 Å². The second-order valence-electron chi connectivity index (χ2n) is 4.24. The molecule has 106 valence electrons. The summed E-state index contributed by atoms with van der Waals surface area (Å²) in [6, 6.07) is -1.37. The molecule has 6 heteroatoms. The van der Waals surface area contributed by atoms with Gasteiger partial charge in [-0.3, -0.25) is 0 Å². The number of nitrogens with one attached hydrogen (secondary N) is 2. The monoisotopic (exact) mass is 276 g/mol. The first-order chi connectivity index (χ1) is 8.61. The van der Waals surface area contributed by atoms with E-state index in [4.69, 9.17) is 5.11 Å². The molecule has 0 saturated carbocycles. The van der Waals surface area contributed by atoms with Crippen LogP contribution < -0.4 is 10.6 Å². The quantitative estimate of drug-likeness (QED) is 0.364. The second-order valence-corrected chi connectivity index (χ2v) is 4.61. The van der Waals surface area contributed by atoms with Crippen LogP contribution in [0.15, 0.2) is 0 Å². The molecule has 0 rings (SSSR count). The third-order valence-corrected chi connectivity index (χ3v) is 2.97. The lowest BCUT2D eigenvalue weighted by Crippen LogP contribution is -2.47. The molecule has 0 bridgehead atoms. The summed E-state index contributed by atoms with van der Waals surface area (Å²) in [5, 5.41) is 13.7. The van der Waals surface area contributed by atoms with Gasteiger partial charge in [0.25, 0.3) is 0 Å². The molecule has 18 heavy (non-hydrogen) atoms. The molecule has 0 aromatic rings. The van der Waals surface area contributed by atoms with Gasteiger partial charge in [-0.1, -0.05) is 39.0 Å². The minimum atomic E-state index is -1.07. The standard InChI is InChI=1S/C12H24N2O3S/c1-2-3-4-5-6-7-8-13-12(17)14-10(9-18)11(15)16/h10,18H,2-9H2,1H3,(H,15,16)(H2,13,14,17)/t10-/m0/s1. The van der Waals surface area contributed by atoms with Crippen LogP contribution in [0.3, 0.4) is 0 Å². The van der Waals surface area contributed by atoms with Crippen LogP contribution in [0.5, 0.6) is 0 Å². The summed E-state index contributed by atoms with van der Waals surface area (Å²) in [6.07, 6.45) is 6.93. The van der Waals surface area contributed by atoms with Gasteiger partial charge in [0.1, 0.15) is 6.04 Å². The van der Waals surface area contributed by atoms with Crippen molar-refractivity contribution in [2.75, 3.05) is 12.3 Å². The van der Waals surface area contributed by atoms with E-state index < -0.39 is 18.0 Å². The molecule has 3 N–H and O–H groups in total. The van der Waals surface area contributed by atoms with Gasteiger partial charge in [0.05, 0.1) is 0 Å². The Morgan fingerprint density at radius 1 is 1.17 bits per heavy atom. The zero-order chi connectivity index (χ0) is 13.8. The van der Waals surface area contributed by atoms with Crippen molar-refractivity contribution in [2.24, 2.45) is 0 Å². The third kappa shape index (κ3) is 9.15. The lowest BCUT2D eigenvalue weighted by molar-refractivity contribution is -0.138. The zero-order valence-corrected chi connectivity index (χ0v) is 11.8. The molecule has 0 fully saturated rings. The first-order valence-electron chi connectivity index (χ1n) is 6.49. The molecule has 0 saturated heterocycles. The summed E-state index contributed by atoms with van der Waals surface area (Å²) in [5.74, 6) is -0.987. The predicted octanol–water partition coefficient (Wildman–Crippen LogP) is 2.03. The number of amides is 2. The highest BCUT2D eigenvalue weighted by Crippen LogP contribution is 2.03. The Kier molecular flexibility index (Phi) is 10.6. The third-order valence-electron chi connectivity index (χ3n) is 2.60. The Morgan fingerprint density at radius 3 is 2.33 bits per heavy atom. The summed E-state index contributed by atoms with van der Waals surface area (Å²) in [4.78, 5) is 22.0. The van der Waals surface area contributed by atoms with Crippen LogP contribution in [0.4, 0.5) is 4.79 Å². The molecule has 0 unspecified atom stereocenters. The Labute approximate surface area is 114 Å². The Hall–Kier alpha value is -0.910. The normalized spacial score (nSPS) is 11.9. The summed E-state index contributed by atoms with van der Waals surface area (Å²) in [7, 11) is 0. The van der Waals surface area contributed by atoms with Crippen LogP contribution in [0, 0.1) is 0 Å². The molecule has 0 aliphatic carbocycles. The Balaban J connectivity index is 3.50. The van der Waals surface area contributed by atoms with Crippen molar-refractivity contribution < 1.29 is 14.7 Å². The van der Waals surface area contributed by atoms with Crippen molar-refractivity contribution >= 4 is 24.6 Å². The largest absolute Gasteiger partial charge is 0.480 e. The van der Waals surface area contributed by atoms with E-state index in [2.05, 4.69) is 30.2 Å². The number of aliphatic carboxylic acids is 1. The number of thiol groups is 1. The van der Waals surface area contributed by atoms with Gasteiger partial charge in [-0.25, -0.2) is 9.59 Å². The molecule has 2 amide bonds. The number of rotatable bonds is 10. The number of carbonyl (C=O) groups is 2. The van der Waals surface area contributed by atoms with Crippen molar-refractivity contribution in [3.8, 4) is 0 Å². The van der Waals surface area contributed by atoms with Crippen molar-refractivity contribution in [2.45, 2.75) is 51.5 Å². The van der Waals surface area contributed by atoms with Crippen LogP contribution in [0.1, 0.15) is 45.4 Å². The summed E-state index contributed by atoms with van der Waals surface area (Å²) in [6.45, 7) is 2.75. The van der Waals surface area contributed by atoms with Gasteiger partial charge >= 0.3 is 12.0 Å². The molecule has 1 atom stereocenters. The number of hydrogen-bond acceptors (Lipinski definition) is 3. The number of carbonyl (C=O) groups excluding carboxylic acids is 1. The smallest absolute Gasteiger partial charge is 0.327 e. The maximum Gasteiger partial charge on any atom is 0.327 e. The SMILES string of the molecule is CCCCCCCCNC(=O)N[C@@H](CS)C(=O)O. The Bertz CT molecular complexity index is 249. The fourth-order valence-corrected chi connectivity index (χ4v) is 1.75. The van der Waals surface area contributed by atoms with Crippen molar-refractivity contribution in [3.05, 3.63) is 0 Å². The number of unbranched alkanes of at least 4 members (excludes halogenated alkanes) is 5. The number of hydrogen-bond donors (Lipinski definition) is 4. The maximum absolute atomic E-state index is 11.3. The van der Waals surface area contributed by atoms with Gasteiger partial charge in [-0.2, -0.15) is 12.6 Å². The minimum Gasteiger partial charge on any atom is -0.480 e. The van der Waals surface area contributed by atoms with Gasteiger partial charge < -0.3 is 15.7 Å². The van der Waals surface area contributed by atoms with E-state index in [1.165, 1.54) is 25.7 Å². The molecule has 0 spiro atoms. The van der Waals surface area contributed by atoms with Crippen LogP contribution in [0.25, 0.3) is 0 Å². The summed E-state index contributed by atoms with van der Waals surface area (Å²) < 4.78 is 0. The van der Waals surface area contributed by atoms with Crippen LogP contribution in [-0.2, 0) is 4.79 Å². The lowest BCUT2D eigenvalue weighted by Gasteiger charge is -2.12. The van der Waals surface area contributed by atoms with E-state index >= 15 is 0 Å². The fourth-order valence-electron chi connectivity index (χ4n) is 1.50. The van der Waals surface area contributed by atoms with Gasteiger partial charge in [0.15, 0.2) is 0 Å². The van der Waals surface area contributed by atoms with Crippen LogP contribution in [-0.4, -0.2) is 35.4 Å². The van der Waals surface area contributed by atoms with Gasteiger partial charge in [0.2, 0.25) is 0 Å². The van der Waals surface area contributed by atoms with E-state index in [-0.39, 0.29) is 5.75 Å². The van der Waals surface area contributed by atoms with Gasteiger partial charge in [-0.15, -0.1) is 0 Å². The molecular formula is C12H24N2O3S. The molecule has 5 nitrogen and oxygen atoms in total. The number of carboxylic acid groups (broad SMARTS) is 1. The minimum absolute atomic E-state index is 0.0831. The van der Waals surface area contributed by atoms with E-state index in [9.17, 15) is 9.59 Å². The molecule has 0 aliphatic rings. The number of urea groups is 1. The van der Waals surface area contributed by atoms with Crippen molar-refractivity contribution in [1.82, 2.24) is 10.6 Å². The topological polar surface area (TPSA) is 78.4 Å². The Morgan fingerprint density at radius 2 is 1.78 bits per heavy atom. The number of carboxylic acids is 1. The summed E-state index contributed by atoms with van der Waals surface area (Å²) >= 11 is 3.86. The lowest BCUT2D eigenvalue weighted by atomic mass is 10.1. The van der Waals surface area contributed by atoms with Crippen LogP contribution >= 0.6 is 12.6 Å². The van der Waals surface area contributed by atoms with E-state index in [0.29, 0.717) is 6.54 Å². The molecule has 0 radical (unpaired) electrons. The molecule has 0 heterocycles. The first-order valence-corrected chi connectivity index (χ1v) is 7.13. The highest BCUT2D eigenvalue weighted by Gasteiger charge is 2.17. The van der Waals surface area contributed by atoms with E-state index in [0.717, 1.165) is 12.8 Å². The highest BCUT2D eigenvalue weighted by molar-refractivity contribution is 7.80. The maximum atomic E-state index is 11.3. The van der Waals surface area contributed by atoms with Gasteiger partial charge in [0, 0.05) is 12.3 Å². The predicted molar refractivity (Wildman–Crippen MR) is 75.2 cm³/mol. The van der Waals surface area contributed by atoms with Crippen LogP contribution in [0.2, 0.25) is 0 Å². The average Bonchev–Trinajstić information content (AvgIpc) is 2.34. The van der Waals surface area contributed by atoms with Crippen molar-refractivity contribution in [3.63, 3.8) is 0 Å². The summed E-state index contributed by atoms with van der Waals surface area (Å²) in [5.41, 5.74) is 0. The first kappa shape index (κ1) is 17.1. The van der Waals surface area contributed by atoms with E-state index in [1.807, 2.05) is 0 Å². The average molecular weight is 276 g/mol. The molecule has 0 aromatic carbocycles. The second kappa shape index (κ2) is 11.2.